The Bertz CT molecular complexity index is 575. The van der Waals surface area contributed by atoms with Crippen LogP contribution in [-0.2, 0) is 0 Å². The summed E-state index contributed by atoms with van der Waals surface area (Å²) < 4.78 is 6.34. The van der Waals surface area contributed by atoms with Gasteiger partial charge in [0.05, 0.1) is 11.3 Å². The van der Waals surface area contributed by atoms with Crippen molar-refractivity contribution in [1.29, 1.82) is 0 Å². The van der Waals surface area contributed by atoms with E-state index in [4.69, 9.17) is 4.42 Å². The number of nitrogens with one attached hydrogen (secondary N) is 1. The van der Waals surface area contributed by atoms with E-state index in [2.05, 4.69) is 21.2 Å². The second-order valence-electron chi connectivity index (χ2n) is 3.92. The first kappa shape index (κ1) is 12.0. The molecule has 0 aliphatic rings. The topological polar surface area (TPSA) is 45.5 Å². The van der Waals surface area contributed by atoms with Crippen molar-refractivity contribution in [1.82, 2.24) is 5.32 Å². The van der Waals surface area contributed by atoms with Gasteiger partial charge in [-0.05, 0) is 22.0 Å². The summed E-state index contributed by atoms with van der Waals surface area (Å²) in [6, 6.07) is 3.81. The molecule has 0 unspecified atom stereocenters. The van der Waals surface area contributed by atoms with Crippen LogP contribution < -0.4 is 10.2 Å². The molecule has 0 saturated carbocycles. The Balaban J connectivity index is 2.64. The number of rotatable bonds is 2. The number of nitrogens with zero attached hydrogens (tertiary/aromatic N) is 1. The zero-order valence-electron chi connectivity index (χ0n) is 9.87. The molecule has 2 rings (SSSR count). The van der Waals surface area contributed by atoms with E-state index in [0.29, 0.717) is 11.1 Å². The molecular formula is C12H13BrN2O2. The van der Waals surface area contributed by atoms with Crippen LogP contribution in [0, 0.1) is 0 Å². The fourth-order valence-corrected chi connectivity index (χ4v) is 2.39. The molecule has 90 valence electrons. The molecule has 1 N–H and O–H groups in total. The summed E-state index contributed by atoms with van der Waals surface area (Å²) in [5.41, 5.74) is 2.26. The van der Waals surface area contributed by atoms with Crippen molar-refractivity contribution < 1.29 is 9.21 Å². The highest BCUT2D eigenvalue weighted by Gasteiger charge is 2.15. The van der Waals surface area contributed by atoms with E-state index in [1.165, 1.54) is 6.26 Å². The summed E-state index contributed by atoms with van der Waals surface area (Å²) in [6.45, 7) is 0. The predicted molar refractivity (Wildman–Crippen MR) is 71.6 cm³/mol. The minimum absolute atomic E-state index is 0.145. The molecule has 1 amide bonds. The zero-order valence-corrected chi connectivity index (χ0v) is 11.5. The van der Waals surface area contributed by atoms with Crippen LogP contribution in [0.2, 0.25) is 0 Å². The SMILES string of the molecule is CNC(=O)c1coc2cc(N(C)C)c(Br)cc12. The molecule has 1 aromatic carbocycles. The predicted octanol–water partition coefficient (Wildman–Crippen LogP) is 2.62. The van der Waals surface area contributed by atoms with Gasteiger partial charge in [0.2, 0.25) is 0 Å². The molecule has 0 aliphatic heterocycles. The molecule has 1 heterocycles. The van der Waals surface area contributed by atoms with Gasteiger partial charge < -0.3 is 14.6 Å². The van der Waals surface area contributed by atoms with Gasteiger partial charge in [-0.1, -0.05) is 0 Å². The van der Waals surface area contributed by atoms with Crippen LogP contribution in [0.5, 0.6) is 0 Å². The molecule has 4 nitrogen and oxygen atoms in total. The van der Waals surface area contributed by atoms with Crippen LogP contribution >= 0.6 is 15.9 Å². The Morgan fingerprint density at radius 1 is 1.41 bits per heavy atom. The van der Waals surface area contributed by atoms with E-state index in [0.717, 1.165) is 15.5 Å². The number of carbonyl (C=O) groups excluding carboxylic acids is 1. The van der Waals surface area contributed by atoms with Crippen molar-refractivity contribution in [2.75, 3.05) is 26.0 Å². The smallest absolute Gasteiger partial charge is 0.254 e. The van der Waals surface area contributed by atoms with Gasteiger partial charge in [-0.2, -0.15) is 0 Å². The molecular weight excluding hydrogens is 284 g/mol. The van der Waals surface area contributed by atoms with Gasteiger partial charge in [0.15, 0.2) is 0 Å². The first-order chi connectivity index (χ1) is 8.04. The fraction of sp³-hybridized carbons (Fsp3) is 0.250. The number of amides is 1. The lowest BCUT2D eigenvalue weighted by molar-refractivity contribution is 0.0964. The van der Waals surface area contributed by atoms with Gasteiger partial charge in [0.25, 0.3) is 5.91 Å². The van der Waals surface area contributed by atoms with Crippen LogP contribution in [0.4, 0.5) is 5.69 Å². The summed E-state index contributed by atoms with van der Waals surface area (Å²) in [4.78, 5) is 13.6. The Morgan fingerprint density at radius 2 is 2.12 bits per heavy atom. The van der Waals surface area contributed by atoms with Crippen molar-refractivity contribution in [2.45, 2.75) is 0 Å². The highest BCUT2D eigenvalue weighted by Crippen LogP contribution is 2.32. The second-order valence-corrected chi connectivity index (χ2v) is 4.78. The van der Waals surface area contributed by atoms with Gasteiger partial charge in [0.1, 0.15) is 11.8 Å². The lowest BCUT2D eigenvalue weighted by Gasteiger charge is -2.14. The maximum absolute atomic E-state index is 11.6. The summed E-state index contributed by atoms with van der Waals surface area (Å²) in [7, 11) is 5.51. The number of hydrogen-bond acceptors (Lipinski definition) is 3. The average molecular weight is 297 g/mol. The van der Waals surface area contributed by atoms with Gasteiger partial charge in [0, 0.05) is 37.1 Å². The Labute approximate surface area is 108 Å². The Hall–Kier alpha value is -1.49. The van der Waals surface area contributed by atoms with Crippen molar-refractivity contribution in [2.24, 2.45) is 0 Å². The first-order valence-electron chi connectivity index (χ1n) is 5.14. The normalized spacial score (nSPS) is 10.6. The number of furan rings is 1. The van der Waals surface area contributed by atoms with E-state index < -0.39 is 0 Å². The van der Waals surface area contributed by atoms with E-state index in [1.807, 2.05) is 31.1 Å². The summed E-state index contributed by atoms with van der Waals surface area (Å²) >= 11 is 3.49. The molecule has 0 atom stereocenters. The summed E-state index contributed by atoms with van der Waals surface area (Å²) in [5.74, 6) is -0.145. The van der Waals surface area contributed by atoms with Crippen LogP contribution in [0.25, 0.3) is 11.0 Å². The first-order valence-corrected chi connectivity index (χ1v) is 5.94. The van der Waals surface area contributed by atoms with Gasteiger partial charge >= 0.3 is 0 Å². The third-order valence-electron chi connectivity index (χ3n) is 2.60. The van der Waals surface area contributed by atoms with Crippen LogP contribution in [0.3, 0.4) is 0 Å². The average Bonchev–Trinajstić information content (AvgIpc) is 2.69. The molecule has 0 saturated heterocycles. The fourth-order valence-electron chi connectivity index (χ4n) is 1.69. The van der Waals surface area contributed by atoms with E-state index in [-0.39, 0.29) is 5.91 Å². The minimum atomic E-state index is -0.145. The molecule has 5 heteroatoms. The number of halogens is 1. The highest BCUT2D eigenvalue weighted by molar-refractivity contribution is 9.10. The number of hydrogen-bond donors (Lipinski definition) is 1. The van der Waals surface area contributed by atoms with Crippen molar-refractivity contribution in [3.8, 4) is 0 Å². The molecule has 0 spiro atoms. The third kappa shape index (κ3) is 2.02. The summed E-state index contributed by atoms with van der Waals surface area (Å²) in [5, 5.41) is 3.40. The quantitative estimate of drug-likeness (QED) is 0.927. The highest BCUT2D eigenvalue weighted by atomic mass is 79.9. The van der Waals surface area contributed by atoms with Crippen LogP contribution in [0.15, 0.2) is 27.3 Å². The monoisotopic (exact) mass is 296 g/mol. The van der Waals surface area contributed by atoms with E-state index in [1.54, 1.807) is 7.05 Å². The molecule has 0 aliphatic carbocycles. The zero-order chi connectivity index (χ0) is 12.6. The molecule has 0 bridgehead atoms. The van der Waals surface area contributed by atoms with Crippen LogP contribution in [-0.4, -0.2) is 27.1 Å². The molecule has 17 heavy (non-hydrogen) atoms. The molecule has 2 aromatic rings. The minimum Gasteiger partial charge on any atom is -0.463 e. The standard InChI is InChI=1S/C12H13BrN2O2/c1-14-12(16)8-6-17-11-5-10(15(2)3)9(13)4-7(8)11/h4-6H,1-3H3,(H,14,16). The van der Waals surface area contributed by atoms with E-state index >= 15 is 0 Å². The number of carbonyl (C=O) groups is 1. The van der Waals surface area contributed by atoms with Gasteiger partial charge in [-0.25, -0.2) is 0 Å². The van der Waals surface area contributed by atoms with E-state index in [9.17, 15) is 4.79 Å². The molecule has 1 aromatic heterocycles. The number of anilines is 1. The lowest BCUT2D eigenvalue weighted by Crippen LogP contribution is -2.17. The second kappa shape index (κ2) is 4.41. The summed E-state index contributed by atoms with van der Waals surface area (Å²) in [6.07, 6.45) is 1.48. The van der Waals surface area contributed by atoms with Crippen molar-refractivity contribution in [3.63, 3.8) is 0 Å². The van der Waals surface area contributed by atoms with Crippen molar-refractivity contribution >= 4 is 38.5 Å². The largest absolute Gasteiger partial charge is 0.463 e. The van der Waals surface area contributed by atoms with Gasteiger partial charge in [-0.3, -0.25) is 4.79 Å². The Kier molecular flexibility index (Phi) is 3.11. The van der Waals surface area contributed by atoms with Crippen LogP contribution in [0.1, 0.15) is 10.4 Å². The Morgan fingerprint density at radius 3 is 2.71 bits per heavy atom. The molecule has 0 radical (unpaired) electrons. The number of fused-ring (bicyclic) bond motifs is 1. The van der Waals surface area contributed by atoms with Gasteiger partial charge in [-0.15, -0.1) is 0 Å². The van der Waals surface area contributed by atoms with Crippen molar-refractivity contribution in [3.05, 3.63) is 28.4 Å². The lowest BCUT2D eigenvalue weighted by atomic mass is 10.1. The number of benzene rings is 1. The maximum Gasteiger partial charge on any atom is 0.254 e. The maximum atomic E-state index is 11.6. The molecule has 0 fully saturated rings. The third-order valence-corrected chi connectivity index (χ3v) is 3.23.